The molecule has 2 unspecified atom stereocenters. The van der Waals surface area contributed by atoms with E-state index in [1.165, 1.54) is 0 Å². The van der Waals surface area contributed by atoms with Crippen molar-refractivity contribution < 1.29 is 24.2 Å². The van der Waals surface area contributed by atoms with Crippen LogP contribution in [0.4, 0.5) is 0 Å². The van der Waals surface area contributed by atoms with E-state index in [1.54, 1.807) is 6.92 Å². The summed E-state index contributed by atoms with van der Waals surface area (Å²) in [6, 6.07) is 0. The Labute approximate surface area is 107 Å². The van der Waals surface area contributed by atoms with Gasteiger partial charge in [-0.15, -0.1) is 0 Å². The number of esters is 1. The number of rotatable bonds is 6. The highest BCUT2D eigenvalue weighted by Gasteiger charge is 2.54. The minimum absolute atomic E-state index is 0.103. The predicted octanol–water partition coefficient (Wildman–Crippen LogP) is 1.70. The molecule has 0 aromatic heterocycles. The fraction of sp³-hybridized carbons (Fsp3) is 0.846. The first-order valence-corrected chi connectivity index (χ1v) is 6.43. The van der Waals surface area contributed by atoms with E-state index in [0.717, 1.165) is 0 Å². The third kappa shape index (κ3) is 2.83. The molecule has 0 aromatic carbocycles. The molecule has 1 saturated heterocycles. The first-order chi connectivity index (χ1) is 8.45. The number of carboxylic acid groups (broad SMARTS) is 1. The molecule has 0 aromatic rings. The Morgan fingerprint density at radius 2 is 2.17 bits per heavy atom. The lowest BCUT2D eigenvalue weighted by Crippen LogP contribution is -2.48. The molecule has 1 N–H and O–H groups in total. The maximum absolute atomic E-state index is 12.2. The number of ether oxygens (including phenoxy) is 2. The highest BCUT2D eigenvalue weighted by atomic mass is 16.5. The molecule has 1 aliphatic rings. The lowest BCUT2D eigenvalue weighted by atomic mass is 9.69. The molecule has 5 heteroatoms. The Hall–Kier alpha value is -1.10. The lowest BCUT2D eigenvalue weighted by Gasteiger charge is -2.33. The SMILES string of the molecule is CCOC(=O)C(CC(C)C)(C(=O)O)C1CCOC1. The number of hydrogen-bond acceptors (Lipinski definition) is 4. The zero-order chi connectivity index (χ0) is 13.8. The molecule has 0 spiro atoms. The number of carboxylic acids is 1. The van der Waals surface area contributed by atoms with Gasteiger partial charge < -0.3 is 14.6 Å². The Kier molecular flexibility index (Phi) is 5.14. The second-order valence-electron chi connectivity index (χ2n) is 5.16. The summed E-state index contributed by atoms with van der Waals surface area (Å²) in [5.41, 5.74) is -1.46. The van der Waals surface area contributed by atoms with E-state index in [0.29, 0.717) is 19.6 Å². The van der Waals surface area contributed by atoms with Crippen LogP contribution in [-0.2, 0) is 19.1 Å². The summed E-state index contributed by atoms with van der Waals surface area (Å²) in [4.78, 5) is 23.9. The molecule has 0 saturated carbocycles. The van der Waals surface area contributed by atoms with Crippen molar-refractivity contribution in [3.8, 4) is 0 Å². The van der Waals surface area contributed by atoms with Crippen molar-refractivity contribution in [1.82, 2.24) is 0 Å². The van der Waals surface area contributed by atoms with Crippen molar-refractivity contribution in [3.63, 3.8) is 0 Å². The summed E-state index contributed by atoms with van der Waals surface area (Å²) in [6.07, 6.45) is 0.882. The van der Waals surface area contributed by atoms with Crippen LogP contribution in [0.5, 0.6) is 0 Å². The molecular weight excluding hydrogens is 236 g/mol. The summed E-state index contributed by atoms with van der Waals surface area (Å²) in [6.45, 7) is 6.53. The van der Waals surface area contributed by atoms with Gasteiger partial charge in [0.1, 0.15) is 0 Å². The Morgan fingerprint density at radius 1 is 1.50 bits per heavy atom. The van der Waals surface area contributed by atoms with Crippen LogP contribution in [0.25, 0.3) is 0 Å². The van der Waals surface area contributed by atoms with Crippen LogP contribution < -0.4 is 0 Å². The molecule has 1 fully saturated rings. The average molecular weight is 258 g/mol. The number of carbonyl (C=O) groups is 2. The summed E-state index contributed by atoms with van der Waals surface area (Å²) < 4.78 is 10.3. The fourth-order valence-corrected chi connectivity index (χ4v) is 2.59. The number of hydrogen-bond donors (Lipinski definition) is 1. The quantitative estimate of drug-likeness (QED) is 0.580. The van der Waals surface area contributed by atoms with E-state index in [-0.39, 0.29) is 24.9 Å². The average Bonchev–Trinajstić information content (AvgIpc) is 2.78. The van der Waals surface area contributed by atoms with Crippen LogP contribution in [0, 0.1) is 17.3 Å². The van der Waals surface area contributed by atoms with Crippen LogP contribution >= 0.6 is 0 Å². The van der Waals surface area contributed by atoms with Crippen molar-refractivity contribution in [2.75, 3.05) is 19.8 Å². The summed E-state index contributed by atoms with van der Waals surface area (Å²) in [5.74, 6) is -1.91. The maximum Gasteiger partial charge on any atom is 0.323 e. The van der Waals surface area contributed by atoms with Crippen molar-refractivity contribution in [2.24, 2.45) is 17.3 Å². The highest BCUT2D eigenvalue weighted by molar-refractivity contribution is 5.99. The molecule has 0 aliphatic carbocycles. The van der Waals surface area contributed by atoms with Crippen LogP contribution in [0.1, 0.15) is 33.6 Å². The third-order valence-electron chi connectivity index (χ3n) is 3.38. The van der Waals surface area contributed by atoms with Gasteiger partial charge in [-0.1, -0.05) is 13.8 Å². The molecule has 5 nitrogen and oxygen atoms in total. The normalized spacial score (nSPS) is 22.8. The second-order valence-corrected chi connectivity index (χ2v) is 5.16. The zero-order valence-electron chi connectivity index (χ0n) is 11.3. The first-order valence-electron chi connectivity index (χ1n) is 6.43. The van der Waals surface area contributed by atoms with E-state index in [1.807, 2.05) is 13.8 Å². The van der Waals surface area contributed by atoms with Gasteiger partial charge in [0.2, 0.25) is 0 Å². The summed E-state index contributed by atoms with van der Waals surface area (Å²) in [5, 5.41) is 9.57. The standard InChI is InChI=1S/C13H22O5/c1-4-18-12(16)13(11(14)15,7-9(2)3)10-5-6-17-8-10/h9-10H,4-8H2,1-3H3,(H,14,15). The van der Waals surface area contributed by atoms with Gasteiger partial charge in [-0.05, 0) is 25.7 Å². The van der Waals surface area contributed by atoms with E-state index < -0.39 is 17.4 Å². The molecule has 2 atom stereocenters. The molecule has 0 amide bonds. The minimum Gasteiger partial charge on any atom is -0.480 e. The minimum atomic E-state index is -1.46. The molecule has 1 heterocycles. The van der Waals surface area contributed by atoms with Crippen molar-refractivity contribution in [2.45, 2.75) is 33.6 Å². The van der Waals surface area contributed by atoms with E-state index in [9.17, 15) is 14.7 Å². The largest absolute Gasteiger partial charge is 0.480 e. The van der Waals surface area contributed by atoms with Gasteiger partial charge in [0.15, 0.2) is 5.41 Å². The van der Waals surface area contributed by atoms with Gasteiger partial charge in [0.25, 0.3) is 0 Å². The highest BCUT2D eigenvalue weighted by Crippen LogP contribution is 2.41. The van der Waals surface area contributed by atoms with Gasteiger partial charge in [-0.25, -0.2) is 0 Å². The van der Waals surface area contributed by atoms with Gasteiger partial charge >= 0.3 is 11.9 Å². The molecule has 0 bridgehead atoms. The van der Waals surface area contributed by atoms with E-state index >= 15 is 0 Å². The Balaban J connectivity index is 3.08. The zero-order valence-corrected chi connectivity index (χ0v) is 11.3. The molecule has 0 radical (unpaired) electrons. The van der Waals surface area contributed by atoms with Gasteiger partial charge in [-0.2, -0.15) is 0 Å². The van der Waals surface area contributed by atoms with Crippen molar-refractivity contribution >= 4 is 11.9 Å². The Morgan fingerprint density at radius 3 is 2.56 bits per heavy atom. The molecule has 18 heavy (non-hydrogen) atoms. The van der Waals surface area contributed by atoms with Gasteiger partial charge in [0.05, 0.1) is 13.2 Å². The smallest absolute Gasteiger partial charge is 0.323 e. The molecule has 1 rings (SSSR count). The number of carbonyl (C=O) groups excluding carboxylic acids is 1. The molecular formula is C13H22O5. The molecule has 104 valence electrons. The van der Waals surface area contributed by atoms with E-state index in [4.69, 9.17) is 9.47 Å². The van der Waals surface area contributed by atoms with Crippen molar-refractivity contribution in [1.29, 1.82) is 0 Å². The summed E-state index contributed by atoms with van der Waals surface area (Å²) >= 11 is 0. The Bertz CT molecular complexity index is 307. The van der Waals surface area contributed by atoms with Crippen molar-refractivity contribution in [3.05, 3.63) is 0 Å². The first kappa shape index (κ1) is 15.0. The third-order valence-corrected chi connectivity index (χ3v) is 3.38. The van der Waals surface area contributed by atoms with Gasteiger partial charge in [-0.3, -0.25) is 9.59 Å². The van der Waals surface area contributed by atoms with E-state index in [2.05, 4.69) is 0 Å². The predicted molar refractivity (Wildman–Crippen MR) is 65.1 cm³/mol. The lowest BCUT2D eigenvalue weighted by molar-refractivity contribution is -0.175. The number of aliphatic carboxylic acids is 1. The van der Waals surface area contributed by atoms with Crippen LogP contribution in [-0.4, -0.2) is 36.9 Å². The monoisotopic (exact) mass is 258 g/mol. The van der Waals surface area contributed by atoms with Gasteiger partial charge in [0, 0.05) is 12.5 Å². The second kappa shape index (κ2) is 6.18. The summed E-state index contributed by atoms with van der Waals surface area (Å²) in [7, 11) is 0. The van der Waals surface area contributed by atoms with Crippen LogP contribution in [0.15, 0.2) is 0 Å². The molecule has 1 aliphatic heterocycles. The maximum atomic E-state index is 12.2. The topological polar surface area (TPSA) is 72.8 Å². The van der Waals surface area contributed by atoms with Crippen LogP contribution in [0.3, 0.4) is 0 Å². The fourth-order valence-electron chi connectivity index (χ4n) is 2.59. The van der Waals surface area contributed by atoms with Crippen LogP contribution in [0.2, 0.25) is 0 Å².